The molecule has 0 saturated heterocycles. The Kier molecular flexibility index (Phi) is 5.95. The van der Waals surface area contributed by atoms with E-state index in [4.69, 9.17) is 9.47 Å². The van der Waals surface area contributed by atoms with Gasteiger partial charge in [0.15, 0.2) is 0 Å². The van der Waals surface area contributed by atoms with E-state index in [1.807, 2.05) is 0 Å². The molecule has 126 valence electrons. The molecule has 0 aliphatic carbocycles. The van der Waals surface area contributed by atoms with Crippen molar-refractivity contribution in [2.45, 2.75) is 20.3 Å². The number of carbonyl (C=O) groups excluding carboxylic acids is 2. The van der Waals surface area contributed by atoms with Gasteiger partial charge in [0.1, 0.15) is 29.1 Å². The second kappa shape index (κ2) is 8.15. The summed E-state index contributed by atoms with van der Waals surface area (Å²) in [5.41, 5.74) is 0.534. The normalized spacial score (nSPS) is 10.5. The molecule has 2 aromatic carbocycles. The van der Waals surface area contributed by atoms with Crippen molar-refractivity contribution in [2.24, 2.45) is 5.92 Å². The Morgan fingerprint density at radius 1 is 1.12 bits per heavy atom. The van der Waals surface area contributed by atoms with Gasteiger partial charge in [-0.1, -0.05) is 13.8 Å². The molecule has 2 rings (SSSR count). The number of aromatic hydroxyl groups is 1. The van der Waals surface area contributed by atoms with E-state index >= 15 is 0 Å². The number of hydrogen-bond donors (Lipinski definition) is 1. The summed E-state index contributed by atoms with van der Waals surface area (Å²) in [5, 5.41) is 10.0. The van der Waals surface area contributed by atoms with E-state index in [1.54, 1.807) is 18.2 Å². The van der Waals surface area contributed by atoms with Gasteiger partial charge in [-0.15, -0.1) is 0 Å². The third-order valence-corrected chi connectivity index (χ3v) is 3.38. The van der Waals surface area contributed by atoms with Crippen LogP contribution in [-0.2, 0) is 0 Å². The molecule has 24 heavy (non-hydrogen) atoms. The van der Waals surface area contributed by atoms with Crippen molar-refractivity contribution >= 4 is 12.3 Å². The van der Waals surface area contributed by atoms with Crippen LogP contribution in [0.15, 0.2) is 42.5 Å². The van der Waals surface area contributed by atoms with Crippen molar-refractivity contribution in [3.63, 3.8) is 0 Å². The van der Waals surface area contributed by atoms with E-state index in [0.29, 0.717) is 35.9 Å². The molecular weight excluding hydrogens is 308 g/mol. The first-order valence-electron chi connectivity index (χ1n) is 7.73. The third-order valence-electron chi connectivity index (χ3n) is 3.38. The first kappa shape index (κ1) is 17.5. The Morgan fingerprint density at radius 2 is 1.79 bits per heavy atom. The van der Waals surface area contributed by atoms with Crippen LogP contribution in [0.1, 0.15) is 41.0 Å². The maximum absolute atomic E-state index is 12.1. The second-order valence-corrected chi connectivity index (χ2v) is 5.79. The van der Waals surface area contributed by atoms with Crippen molar-refractivity contribution in [3.05, 3.63) is 53.6 Å². The van der Waals surface area contributed by atoms with Crippen molar-refractivity contribution < 1.29 is 24.2 Å². The maximum atomic E-state index is 12.1. The van der Waals surface area contributed by atoms with Gasteiger partial charge in [0, 0.05) is 11.6 Å². The van der Waals surface area contributed by atoms with Crippen LogP contribution in [0.5, 0.6) is 17.2 Å². The predicted octanol–water partition coefficient (Wildman–Crippen LogP) is 3.85. The van der Waals surface area contributed by atoms with Gasteiger partial charge in [-0.3, -0.25) is 4.79 Å². The van der Waals surface area contributed by atoms with Gasteiger partial charge < -0.3 is 14.6 Å². The molecule has 0 saturated carbocycles. The summed E-state index contributed by atoms with van der Waals surface area (Å²) in [6, 6.07) is 10.6. The zero-order chi connectivity index (χ0) is 17.5. The molecule has 2 aromatic rings. The number of phenols is 1. The number of ether oxygens (including phenoxy) is 2. The minimum atomic E-state index is -0.680. The topological polar surface area (TPSA) is 72.8 Å². The van der Waals surface area contributed by atoms with E-state index in [9.17, 15) is 14.7 Å². The molecule has 0 aromatic heterocycles. The maximum Gasteiger partial charge on any atom is 0.347 e. The van der Waals surface area contributed by atoms with Crippen LogP contribution >= 0.6 is 0 Å². The van der Waals surface area contributed by atoms with E-state index in [-0.39, 0.29) is 11.3 Å². The lowest BCUT2D eigenvalue weighted by Gasteiger charge is -2.10. The lowest BCUT2D eigenvalue weighted by molar-refractivity contribution is 0.0731. The van der Waals surface area contributed by atoms with Gasteiger partial charge >= 0.3 is 5.97 Å². The highest BCUT2D eigenvalue weighted by molar-refractivity contribution is 5.94. The monoisotopic (exact) mass is 328 g/mol. The van der Waals surface area contributed by atoms with Gasteiger partial charge in [-0.2, -0.15) is 0 Å². The van der Waals surface area contributed by atoms with Crippen LogP contribution in [0, 0.1) is 5.92 Å². The van der Waals surface area contributed by atoms with Crippen molar-refractivity contribution in [1.29, 1.82) is 0 Å². The highest BCUT2D eigenvalue weighted by Gasteiger charge is 2.14. The van der Waals surface area contributed by atoms with E-state index in [2.05, 4.69) is 13.8 Å². The zero-order valence-electron chi connectivity index (χ0n) is 13.7. The Morgan fingerprint density at radius 3 is 2.38 bits per heavy atom. The summed E-state index contributed by atoms with van der Waals surface area (Å²) in [5.74, 6) is 0.437. The van der Waals surface area contributed by atoms with Gasteiger partial charge in [-0.25, -0.2) is 4.79 Å². The van der Waals surface area contributed by atoms with Crippen LogP contribution in [0.2, 0.25) is 0 Å². The molecule has 5 nitrogen and oxygen atoms in total. The molecule has 0 fully saturated rings. The van der Waals surface area contributed by atoms with Crippen molar-refractivity contribution in [1.82, 2.24) is 0 Å². The lowest BCUT2D eigenvalue weighted by Crippen LogP contribution is -2.09. The van der Waals surface area contributed by atoms with Crippen LogP contribution in [0.3, 0.4) is 0 Å². The van der Waals surface area contributed by atoms with Gasteiger partial charge in [-0.05, 0) is 48.7 Å². The molecule has 0 unspecified atom stereocenters. The number of benzene rings is 2. The number of hydrogen-bond acceptors (Lipinski definition) is 5. The molecule has 0 atom stereocenters. The average molecular weight is 328 g/mol. The summed E-state index contributed by atoms with van der Waals surface area (Å²) < 4.78 is 10.7. The summed E-state index contributed by atoms with van der Waals surface area (Å²) in [6.07, 6.45) is 1.61. The number of phenolic OH excluding ortho intramolecular Hbond substituents is 1. The van der Waals surface area contributed by atoms with Crippen molar-refractivity contribution in [2.75, 3.05) is 6.61 Å². The average Bonchev–Trinajstić information content (AvgIpc) is 2.55. The highest BCUT2D eigenvalue weighted by atomic mass is 16.5. The fourth-order valence-corrected chi connectivity index (χ4v) is 1.96. The smallest absolute Gasteiger partial charge is 0.347 e. The Hall–Kier alpha value is -2.82. The van der Waals surface area contributed by atoms with Crippen LogP contribution in [0.4, 0.5) is 0 Å². The zero-order valence-corrected chi connectivity index (χ0v) is 13.7. The Labute approximate surface area is 140 Å². The Bertz CT molecular complexity index is 704. The predicted molar refractivity (Wildman–Crippen MR) is 89.8 cm³/mol. The first-order chi connectivity index (χ1) is 11.5. The van der Waals surface area contributed by atoms with Crippen LogP contribution in [-0.4, -0.2) is 24.0 Å². The molecule has 0 radical (unpaired) electrons. The number of carbonyl (C=O) groups is 2. The van der Waals surface area contributed by atoms with E-state index in [1.165, 1.54) is 24.3 Å². The lowest BCUT2D eigenvalue weighted by atomic mass is 10.1. The molecule has 1 N–H and O–H groups in total. The molecule has 0 aliphatic heterocycles. The third kappa shape index (κ3) is 4.84. The summed E-state index contributed by atoms with van der Waals surface area (Å²) in [7, 11) is 0. The fraction of sp³-hybridized carbons (Fsp3) is 0.263. The molecular formula is C19H20O5. The molecule has 0 spiro atoms. The summed E-state index contributed by atoms with van der Waals surface area (Å²) >= 11 is 0. The number of esters is 1. The first-order valence-corrected chi connectivity index (χ1v) is 7.73. The van der Waals surface area contributed by atoms with Gasteiger partial charge in [0.2, 0.25) is 0 Å². The summed E-state index contributed by atoms with van der Waals surface area (Å²) in [6.45, 7) is 4.74. The van der Waals surface area contributed by atoms with E-state index in [0.717, 1.165) is 6.42 Å². The van der Waals surface area contributed by atoms with Crippen LogP contribution < -0.4 is 9.47 Å². The van der Waals surface area contributed by atoms with E-state index < -0.39 is 5.97 Å². The highest BCUT2D eigenvalue weighted by Crippen LogP contribution is 2.25. The quantitative estimate of drug-likeness (QED) is 0.475. The molecule has 0 bridgehead atoms. The second-order valence-electron chi connectivity index (χ2n) is 5.79. The van der Waals surface area contributed by atoms with Crippen molar-refractivity contribution in [3.8, 4) is 17.2 Å². The SMILES string of the molecule is CC(C)CCOc1ccc(C(=O)Oc2ccc(C=O)cc2)c(O)c1. The largest absolute Gasteiger partial charge is 0.507 e. The number of aldehydes is 1. The van der Waals surface area contributed by atoms with Gasteiger partial charge in [0.25, 0.3) is 0 Å². The minimum absolute atomic E-state index is 0.0469. The minimum Gasteiger partial charge on any atom is -0.507 e. The van der Waals surface area contributed by atoms with Crippen LogP contribution in [0.25, 0.3) is 0 Å². The molecule has 0 aliphatic rings. The molecule has 5 heteroatoms. The fourth-order valence-electron chi connectivity index (χ4n) is 1.96. The molecule has 0 heterocycles. The number of rotatable bonds is 7. The summed E-state index contributed by atoms with van der Waals surface area (Å²) in [4.78, 5) is 22.7. The standard InChI is InChI=1S/C19H20O5/c1-13(2)9-10-23-16-7-8-17(18(21)11-16)19(22)24-15-5-3-14(12-20)4-6-15/h3-8,11-13,21H,9-10H2,1-2H3. The van der Waals surface area contributed by atoms with Gasteiger partial charge in [0.05, 0.1) is 6.61 Å². The Balaban J connectivity index is 2.02. The molecule has 0 amide bonds.